The molecule has 2 heteroatoms. The predicted octanol–water partition coefficient (Wildman–Crippen LogP) is 2.69. The van der Waals surface area contributed by atoms with Crippen LogP contribution in [0.15, 0.2) is 29.3 Å². The third-order valence-electron chi connectivity index (χ3n) is 1.63. The fourth-order valence-electron chi connectivity index (χ4n) is 1.08. The quantitative estimate of drug-likeness (QED) is 0.637. The maximum atomic E-state index is 3.25. The molecular formula is C9H8NS. The molecule has 1 nitrogen and oxygen atoms in total. The van der Waals surface area contributed by atoms with Crippen molar-refractivity contribution in [1.29, 1.82) is 0 Å². The van der Waals surface area contributed by atoms with Crippen LogP contribution in [0.25, 0.3) is 10.9 Å². The first kappa shape index (κ1) is 6.80. The third-order valence-corrected chi connectivity index (χ3v) is 2.24. The van der Waals surface area contributed by atoms with E-state index in [1.54, 1.807) is 11.8 Å². The fourth-order valence-corrected chi connectivity index (χ4v) is 1.50. The van der Waals surface area contributed by atoms with Gasteiger partial charge in [0, 0.05) is 17.0 Å². The first-order valence-electron chi connectivity index (χ1n) is 3.44. The highest BCUT2D eigenvalue weighted by Gasteiger charge is 1.96. The van der Waals surface area contributed by atoms with Gasteiger partial charge in [-0.3, -0.25) is 0 Å². The van der Waals surface area contributed by atoms with E-state index in [0.29, 0.717) is 0 Å². The standard InChI is InChI=1S/C9H8NS/c1-11-9-6-7-4-2-3-5-8(7)10-9/h2-5,10H,1H3. The zero-order chi connectivity index (χ0) is 7.68. The lowest BCUT2D eigenvalue weighted by Crippen LogP contribution is -1.65. The average molecular weight is 162 g/mol. The highest BCUT2D eigenvalue weighted by Crippen LogP contribution is 2.19. The van der Waals surface area contributed by atoms with Crippen molar-refractivity contribution in [3.63, 3.8) is 0 Å². The zero-order valence-corrected chi connectivity index (χ0v) is 7.03. The second kappa shape index (κ2) is 2.62. The normalized spacial score (nSPS) is 10.6. The molecule has 2 aromatic rings. The SMILES string of the molecule is CSc1[c]c2ccccc2[nH]1. The summed E-state index contributed by atoms with van der Waals surface area (Å²) in [7, 11) is 0. The summed E-state index contributed by atoms with van der Waals surface area (Å²) < 4.78 is 0. The average Bonchev–Trinajstić information content (AvgIpc) is 2.46. The molecule has 2 rings (SSSR count). The fraction of sp³-hybridized carbons (Fsp3) is 0.111. The van der Waals surface area contributed by atoms with Crippen LogP contribution in [-0.2, 0) is 0 Å². The van der Waals surface area contributed by atoms with Crippen molar-refractivity contribution in [1.82, 2.24) is 4.98 Å². The van der Waals surface area contributed by atoms with Gasteiger partial charge in [-0.05, 0) is 12.3 Å². The highest BCUT2D eigenvalue weighted by molar-refractivity contribution is 7.98. The van der Waals surface area contributed by atoms with E-state index in [0.717, 1.165) is 15.9 Å². The molecule has 0 amide bonds. The largest absolute Gasteiger partial charge is 0.349 e. The third kappa shape index (κ3) is 1.14. The molecule has 55 valence electrons. The van der Waals surface area contributed by atoms with Crippen LogP contribution in [0.2, 0.25) is 0 Å². The summed E-state index contributed by atoms with van der Waals surface area (Å²) in [6, 6.07) is 11.4. The lowest BCUT2D eigenvalue weighted by atomic mass is 10.3. The molecule has 0 aliphatic carbocycles. The summed E-state index contributed by atoms with van der Waals surface area (Å²) in [6.45, 7) is 0. The Hall–Kier alpha value is -0.890. The minimum atomic E-state index is 1.10. The Bertz CT molecular complexity index is 331. The van der Waals surface area contributed by atoms with Gasteiger partial charge in [0.15, 0.2) is 0 Å². The van der Waals surface area contributed by atoms with E-state index in [1.807, 2.05) is 18.4 Å². The predicted molar refractivity (Wildman–Crippen MR) is 48.9 cm³/mol. The minimum Gasteiger partial charge on any atom is -0.349 e. The van der Waals surface area contributed by atoms with Crippen LogP contribution in [0.3, 0.4) is 0 Å². The molecule has 0 fully saturated rings. The van der Waals surface area contributed by atoms with Crippen molar-refractivity contribution in [3.05, 3.63) is 30.3 Å². The maximum Gasteiger partial charge on any atom is 0.0810 e. The smallest absolute Gasteiger partial charge is 0.0810 e. The Morgan fingerprint density at radius 3 is 2.91 bits per heavy atom. The molecule has 1 aromatic carbocycles. The van der Waals surface area contributed by atoms with E-state index in [1.165, 1.54) is 0 Å². The van der Waals surface area contributed by atoms with Crippen molar-refractivity contribution >= 4 is 22.7 Å². The number of benzene rings is 1. The van der Waals surface area contributed by atoms with Gasteiger partial charge in [0.2, 0.25) is 0 Å². The number of rotatable bonds is 1. The molecule has 1 aromatic heterocycles. The lowest BCUT2D eigenvalue weighted by molar-refractivity contribution is 1.24. The van der Waals surface area contributed by atoms with Gasteiger partial charge in [-0.2, -0.15) is 0 Å². The number of aromatic amines is 1. The van der Waals surface area contributed by atoms with Gasteiger partial charge in [-0.15, -0.1) is 11.8 Å². The van der Waals surface area contributed by atoms with Gasteiger partial charge in [0.1, 0.15) is 0 Å². The monoisotopic (exact) mass is 162 g/mol. The highest BCUT2D eigenvalue weighted by atomic mass is 32.2. The summed E-state index contributed by atoms with van der Waals surface area (Å²) in [6.07, 6.45) is 2.04. The van der Waals surface area contributed by atoms with Crippen molar-refractivity contribution in [3.8, 4) is 0 Å². The summed E-state index contributed by atoms with van der Waals surface area (Å²) >= 11 is 1.68. The van der Waals surface area contributed by atoms with Crippen LogP contribution in [0.1, 0.15) is 0 Å². The van der Waals surface area contributed by atoms with Gasteiger partial charge < -0.3 is 4.98 Å². The van der Waals surface area contributed by atoms with Crippen LogP contribution in [0, 0.1) is 6.07 Å². The number of hydrogen-bond acceptors (Lipinski definition) is 1. The second-order valence-corrected chi connectivity index (χ2v) is 3.15. The van der Waals surface area contributed by atoms with E-state index in [2.05, 4.69) is 23.2 Å². The molecule has 1 heterocycles. The topological polar surface area (TPSA) is 15.8 Å². The summed E-state index contributed by atoms with van der Waals surface area (Å²) in [4.78, 5) is 3.25. The molecule has 1 radical (unpaired) electrons. The molecule has 0 bridgehead atoms. The number of aromatic nitrogens is 1. The van der Waals surface area contributed by atoms with E-state index in [9.17, 15) is 0 Å². The second-order valence-electron chi connectivity index (χ2n) is 2.33. The van der Waals surface area contributed by atoms with Crippen LogP contribution in [0.5, 0.6) is 0 Å². The number of para-hydroxylation sites is 1. The van der Waals surface area contributed by atoms with Gasteiger partial charge in [0.05, 0.1) is 5.03 Å². The van der Waals surface area contributed by atoms with Crippen LogP contribution in [-0.4, -0.2) is 11.2 Å². The van der Waals surface area contributed by atoms with E-state index in [4.69, 9.17) is 0 Å². The summed E-state index contributed by atoms with van der Waals surface area (Å²) in [5, 5.41) is 2.27. The first-order chi connectivity index (χ1) is 5.40. The Kier molecular flexibility index (Phi) is 1.62. The Morgan fingerprint density at radius 2 is 2.18 bits per heavy atom. The number of nitrogens with one attached hydrogen (secondary N) is 1. The minimum absolute atomic E-state index is 1.10. The number of thioether (sulfide) groups is 1. The van der Waals surface area contributed by atoms with Crippen LogP contribution >= 0.6 is 11.8 Å². The van der Waals surface area contributed by atoms with Crippen molar-refractivity contribution in [2.45, 2.75) is 5.03 Å². The molecule has 0 spiro atoms. The van der Waals surface area contributed by atoms with Gasteiger partial charge >= 0.3 is 0 Å². The Labute approximate surface area is 69.8 Å². The Morgan fingerprint density at radius 1 is 1.36 bits per heavy atom. The van der Waals surface area contributed by atoms with Crippen molar-refractivity contribution in [2.24, 2.45) is 0 Å². The van der Waals surface area contributed by atoms with E-state index >= 15 is 0 Å². The van der Waals surface area contributed by atoms with Crippen LogP contribution in [0.4, 0.5) is 0 Å². The zero-order valence-electron chi connectivity index (χ0n) is 6.22. The molecule has 0 atom stereocenters. The van der Waals surface area contributed by atoms with Crippen molar-refractivity contribution < 1.29 is 0 Å². The molecule has 0 aliphatic rings. The van der Waals surface area contributed by atoms with Gasteiger partial charge in [-0.1, -0.05) is 18.2 Å². The molecule has 11 heavy (non-hydrogen) atoms. The number of hydrogen-bond donors (Lipinski definition) is 1. The maximum absolute atomic E-state index is 3.25. The number of fused-ring (bicyclic) bond motifs is 1. The van der Waals surface area contributed by atoms with Gasteiger partial charge in [-0.25, -0.2) is 0 Å². The molecular weight excluding hydrogens is 154 g/mol. The molecule has 0 saturated heterocycles. The lowest BCUT2D eigenvalue weighted by Gasteiger charge is -1.84. The van der Waals surface area contributed by atoms with Gasteiger partial charge in [0.25, 0.3) is 0 Å². The Balaban J connectivity index is 2.69. The van der Waals surface area contributed by atoms with E-state index < -0.39 is 0 Å². The molecule has 0 saturated carbocycles. The molecule has 0 unspecified atom stereocenters. The van der Waals surface area contributed by atoms with E-state index in [-0.39, 0.29) is 0 Å². The number of H-pyrrole nitrogens is 1. The first-order valence-corrected chi connectivity index (χ1v) is 4.66. The van der Waals surface area contributed by atoms with Crippen LogP contribution < -0.4 is 0 Å². The van der Waals surface area contributed by atoms with Crippen molar-refractivity contribution in [2.75, 3.05) is 6.26 Å². The summed E-state index contributed by atoms with van der Waals surface area (Å²) in [5.74, 6) is 0. The molecule has 0 aliphatic heterocycles. The molecule has 1 N–H and O–H groups in total. The summed E-state index contributed by atoms with van der Waals surface area (Å²) in [5.41, 5.74) is 1.16.